The van der Waals surface area contributed by atoms with E-state index >= 15 is 0 Å². The first kappa shape index (κ1) is 22.6. The molecule has 0 saturated heterocycles. The molecule has 1 N–H and O–H groups in total. The molecule has 0 spiro atoms. The third kappa shape index (κ3) is 4.80. The minimum Gasteiger partial charge on any atom is -0.511 e. The first-order chi connectivity index (χ1) is 15.8. The molecule has 1 saturated carbocycles. The van der Waals surface area contributed by atoms with E-state index in [1.54, 1.807) is 24.3 Å². The smallest absolute Gasteiger partial charge is 0.261 e. The number of hydrogen-bond acceptors (Lipinski definition) is 5. The number of aliphatic hydroxyl groups excluding tert-OH is 1. The van der Waals surface area contributed by atoms with Gasteiger partial charge in [0.1, 0.15) is 5.76 Å². The number of carbonyl (C=O) groups excluding carboxylic acids is 3. The van der Waals surface area contributed by atoms with Crippen LogP contribution in [0.5, 0.6) is 0 Å². The summed E-state index contributed by atoms with van der Waals surface area (Å²) in [5.41, 5.74) is 2.54. The molecule has 1 heterocycles. The number of hydrogen-bond donors (Lipinski definition) is 1. The molecule has 2 aromatic carbocycles. The summed E-state index contributed by atoms with van der Waals surface area (Å²) < 4.78 is 0. The van der Waals surface area contributed by atoms with Crippen LogP contribution in [0, 0.1) is 5.41 Å². The van der Waals surface area contributed by atoms with Gasteiger partial charge in [0.05, 0.1) is 23.2 Å². The zero-order valence-corrected chi connectivity index (χ0v) is 19.0. The molecule has 0 unspecified atom stereocenters. The van der Waals surface area contributed by atoms with Crippen LogP contribution in [0.1, 0.15) is 65.8 Å². The normalized spacial score (nSPS) is 20.4. The van der Waals surface area contributed by atoms with Crippen LogP contribution >= 0.6 is 0 Å². The number of rotatable bonds is 6. The molecule has 6 nitrogen and oxygen atoms in total. The number of carbonyl (C=O) groups is 3. The van der Waals surface area contributed by atoms with Gasteiger partial charge in [-0.3, -0.25) is 24.3 Å². The van der Waals surface area contributed by atoms with Crippen LogP contribution in [-0.2, 0) is 11.3 Å². The largest absolute Gasteiger partial charge is 0.511 e. The van der Waals surface area contributed by atoms with Crippen LogP contribution in [0.2, 0.25) is 0 Å². The molecule has 1 aliphatic heterocycles. The van der Waals surface area contributed by atoms with Crippen molar-refractivity contribution in [2.24, 2.45) is 10.4 Å². The van der Waals surface area contributed by atoms with Crippen molar-refractivity contribution >= 4 is 23.3 Å². The van der Waals surface area contributed by atoms with E-state index in [9.17, 15) is 19.5 Å². The van der Waals surface area contributed by atoms with Gasteiger partial charge in [-0.2, -0.15) is 0 Å². The molecule has 4 rings (SSSR count). The lowest BCUT2D eigenvalue weighted by atomic mass is 9.73. The van der Waals surface area contributed by atoms with Gasteiger partial charge in [0.2, 0.25) is 0 Å². The molecule has 170 valence electrons. The quantitative estimate of drug-likeness (QED) is 0.390. The van der Waals surface area contributed by atoms with E-state index in [2.05, 4.69) is 0 Å². The van der Waals surface area contributed by atoms with Crippen molar-refractivity contribution < 1.29 is 19.5 Å². The number of imide groups is 1. The Morgan fingerprint density at radius 1 is 0.939 bits per heavy atom. The summed E-state index contributed by atoms with van der Waals surface area (Å²) in [6.45, 7) is 4.67. The van der Waals surface area contributed by atoms with Gasteiger partial charge in [0.25, 0.3) is 11.8 Å². The average Bonchev–Trinajstić information content (AvgIpc) is 3.02. The molecule has 0 aromatic heterocycles. The maximum absolute atomic E-state index is 12.9. The second-order valence-electron chi connectivity index (χ2n) is 9.42. The predicted octanol–water partition coefficient (Wildman–Crippen LogP) is 4.91. The van der Waals surface area contributed by atoms with E-state index in [0.717, 1.165) is 5.56 Å². The van der Waals surface area contributed by atoms with Gasteiger partial charge in [-0.25, -0.2) is 0 Å². The molecular weight excluding hydrogens is 416 g/mol. The van der Waals surface area contributed by atoms with Crippen molar-refractivity contribution in [2.45, 2.75) is 46.1 Å². The summed E-state index contributed by atoms with van der Waals surface area (Å²) >= 11 is 0. The lowest BCUT2D eigenvalue weighted by Gasteiger charge is -2.31. The van der Waals surface area contributed by atoms with Gasteiger partial charge in [-0.15, -0.1) is 0 Å². The van der Waals surface area contributed by atoms with Gasteiger partial charge in [-0.1, -0.05) is 56.3 Å². The number of nitrogens with zero attached hydrogens (tertiary/aromatic N) is 2. The summed E-state index contributed by atoms with van der Waals surface area (Å²) in [5.74, 6) is -0.762. The summed E-state index contributed by atoms with van der Waals surface area (Å²) in [5, 5.41) is 10.9. The minimum absolute atomic E-state index is 0.0149. The molecule has 1 fully saturated rings. The summed E-state index contributed by atoms with van der Waals surface area (Å²) in [6, 6.07) is 16.5. The molecule has 0 bridgehead atoms. The van der Waals surface area contributed by atoms with Crippen molar-refractivity contribution in [2.75, 3.05) is 6.54 Å². The molecular formula is C27H28N2O4. The molecule has 33 heavy (non-hydrogen) atoms. The first-order valence-electron chi connectivity index (χ1n) is 11.2. The molecule has 0 radical (unpaired) electrons. The molecule has 1 aliphatic carbocycles. The van der Waals surface area contributed by atoms with Crippen LogP contribution in [0.15, 0.2) is 70.9 Å². The molecule has 2 aliphatic rings. The number of allylic oxidation sites excluding steroid dienone is 2. The third-order valence-electron chi connectivity index (χ3n) is 6.11. The second-order valence-corrected chi connectivity index (χ2v) is 9.42. The molecule has 2 amide bonds. The van der Waals surface area contributed by atoms with Gasteiger partial charge < -0.3 is 5.11 Å². The summed E-state index contributed by atoms with van der Waals surface area (Å²) in [7, 11) is 0. The fourth-order valence-corrected chi connectivity index (χ4v) is 4.49. The van der Waals surface area contributed by atoms with Crippen LogP contribution in [-0.4, -0.2) is 39.9 Å². The summed E-state index contributed by atoms with van der Waals surface area (Å²) in [6.07, 6.45) is 1.50. The highest BCUT2D eigenvalue weighted by molar-refractivity contribution is 6.24. The van der Waals surface area contributed by atoms with Crippen molar-refractivity contribution in [3.63, 3.8) is 0 Å². The van der Waals surface area contributed by atoms with E-state index in [4.69, 9.17) is 4.99 Å². The van der Waals surface area contributed by atoms with E-state index in [-0.39, 0.29) is 41.7 Å². The Labute approximate surface area is 193 Å². The van der Waals surface area contributed by atoms with Crippen LogP contribution in [0.25, 0.3) is 0 Å². The second kappa shape index (κ2) is 9.14. The highest BCUT2D eigenvalue weighted by Crippen LogP contribution is 2.36. The number of benzene rings is 2. The van der Waals surface area contributed by atoms with E-state index in [1.807, 2.05) is 44.2 Å². The van der Waals surface area contributed by atoms with Gasteiger partial charge in [0, 0.05) is 25.1 Å². The fourth-order valence-electron chi connectivity index (χ4n) is 4.49. The summed E-state index contributed by atoms with van der Waals surface area (Å²) in [4.78, 5) is 43.9. The Hall–Kier alpha value is -3.54. The SMILES string of the molecule is CC1(C)CC(=O)/C(=C(/O)CCCN2C(=O)c3ccccc3C2=O)C(=NCc2ccccc2)C1. The standard InChI is InChI=1S/C27H28N2O4/c1-27(2)15-21(28-17-18-9-4-3-5-10-18)24(23(31)16-27)22(30)13-8-14-29-25(32)19-11-6-7-12-20(19)26(29)33/h3-7,9-12,30H,8,13-17H2,1-2H3/b24-22+,28-21?. The number of aliphatic hydroxyl groups is 1. The van der Waals surface area contributed by atoms with Gasteiger partial charge >= 0.3 is 0 Å². The Morgan fingerprint density at radius 2 is 1.55 bits per heavy atom. The number of Topliss-reactive ketones (excluding diaryl/α,β-unsaturated/α-hetero) is 1. The average molecular weight is 445 g/mol. The van der Waals surface area contributed by atoms with Crippen LogP contribution < -0.4 is 0 Å². The lowest BCUT2D eigenvalue weighted by molar-refractivity contribution is -0.117. The predicted molar refractivity (Wildman–Crippen MR) is 126 cm³/mol. The van der Waals surface area contributed by atoms with Crippen molar-refractivity contribution in [1.29, 1.82) is 0 Å². The van der Waals surface area contributed by atoms with Crippen molar-refractivity contribution in [3.05, 3.63) is 82.6 Å². The monoisotopic (exact) mass is 444 g/mol. The van der Waals surface area contributed by atoms with Crippen molar-refractivity contribution in [1.82, 2.24) is 4.90 Å². The van der Waals surface area contributed by atoms with Gasteiger partial charge in [0.15, 0.2) is 5.78 Å². The highest BCUT2D eigenvalue weighted by Gasteiger charge is 2.37. The third-order valence-corrected chi connectivity index (χ3v) is 6.11. The van der Waals surface area contributed by atoms with E-state index in [0.29, 0.717) is 48.2 Å². The minimum atomic E-state index is -0.316. The Kier molecular flexibility index (Phi) is 6.27. The zero-order chi connectivity index (χ0) is 23.6. The zero-order valence-electron chi connectivity index (χ0n) is 19.0. The molecule has 2 aromatic rings. The van der Waals surface area contributed by atoms with Crippen LogP contribution in [0.3, 0.4) is 0 Å². The van der Waals surface area contributed by atoms with E-state index in [1.165, 1.54) is 4.90 Å². The molecule has 0 atom stereocenters. The first-order valence-corrected chi connectivity index (χ1v) is 11.2. The number of aliphatic imine (C=N–C) groups is 1. The maximum atomic E-state index is 12.9. The fraction of sp³-hybridized carbons (Fsp3) is 0.333. The number of ketones is 1. The topological polar surface area (TPSA) is 87.0 Å². The number of fused-ring (bicyclic) bond motifs is 1. The Bertz CT molecular complexity index is 1130. The lowest BCUT2D eigenvalue weighted by Crippen LogP contribution is -2.33. The van der Waals surface area contributed by atoms with Crippen LogP contribution in [0.4, 0.5) is 0 Å². The Balaban J connectivity index is 1.49. The molecule has 6 heteroatoms. The highest BCUT2D eigenvalue weighted by atomic mass is 16.3. The van der Waals surface area contributed by atoms with Gasteiger partial charge in [-0.05, 0) is 36.0 Å². The number of amides is 2. The Morgan fingerprint density at radius 3 is 2.18 bits per heavy atom. The van der Waals surface area contributed by atoms with Crippen molar-refractivity contribution in [3.8, 4) is 0 Å². The van der Waals surface area contributed by atoms with E-state index < -0.39 is 0 Å². The maximum Gasteiger partial charge on any atom is 0.261 e.